The number of nitro benzene ring substituents is 1. The first kappa shape index (κ1) is 20.1. The Morgan fingerprint density at radius 2 is 1.87 bits per heavy atom. The highest BCUT2D eigenvalue weighted by molar-refractivity contribution is 5.96. The Labute approximate surface area is 174 Å². The molecule has 2 aromatic carbocycles. The zero-order valence-electron chi connectivity index (χ0n) is 16.7. The summed E-state index contributed by atoms with van der Waals surface area (Å²) >= 11 is 0. The van der Waals surface area contributed by atoms with Crippen LogP contribution in [-0.2, 0) is 11.3 Å². The van der Waals surface area contributed by atoms with Gasteiger partial charge in [0.2, 0.25) is 12.7 Å². The van der Waals surface area contributed by atoms with Crippen molar-refractivity contribution < 1.29 is 19.2 Å². The van der Waals surface area contributed by atoms with Crippen molar-refractivity contribution in [3.63, 3.8) is 0 Å². The number of piperazine rings is 1. The molecule has 1 atom stereocenters. The van der Waals surface area contributed by atoms with Crippen molar-refractivity contribution in [2.45, 2.75) is 19.5 Å². The Morgan fingerprint density at radius 1 is 1.13 bits per heavy atom. The molecule has 0 aromatic heterocycles. The Hall–Kier alpha value is -3.17. The molecular weight excluding hydrogens is 388 g/mol. The smallest absolute Gasteiger partial charge is 0.292 e. The normalized spacial score (nSPS) is 17.5. The Kier molecular flexibility index (Phi) is 5.82. The Morgan fingerprint density at radius 3 is 2.63 bits per heavy atom. The number of carbonyl (C=O) groups is 1. The third-order valence-electron chi connectivity index (χ3n) is 5.54. The fraction of sp³-hybridized carbons (Fsp3) is 0.381. The average molecular weight is 412 g/mol. The monoisotopic (exact) mass is 412 g/mol. The topological polar surface area (TPSA) is 97.2 Å². The van der Waals surface area contributed by atoms with Crippen LogP contribution >= 0.6 is 0 Å². The summed E-state index contributed by atoms with van der Waals surface area (Å²) in [5.74, 6) is 1.32. The first-order chi connectivity index (χ1) is 14.5. The molecule has 0 saturated carbocycles. The number of anilines is 1. The first-order valence-electron chi connectivity index (χ1n) is 9.90. The number of hydrogen-bond donors (Lipinski definition) is 1. The van der Waals surface area contributed by atoms with Crippen molar-refractivity contribution >= 4 is 17.3 Å². The van der Waals surface area contributed by atoms with E-state index in [1.807, 2.05) is 25.1 Å². The van der Waals surface area contributed by atoms with Crippen LogP contribution in [0, 0.1) is 10.1 Å². The molecular formula is C21H24N4O5. The van der Waals surface area contributed by atoms with Gasteiger partial charge in [0.05, 0.1) is 11.0 Å². The number of para-hydroxylation sites is 2. The summed E-state index contributed by atoms with van der Waals surface area (Å²) in [7, 11) is 0. The van der Waals surface area contributed by atoms with E-state index >= 15 is 0 Å². The van der Waals surface area contributed by atoms with Crippen molar-refractivity contribution in [1.29, 1.82) is 0 Å². The van der Waals surface area contributed by atoms with E-state index in [4.69, 9.17) is 9.47 Å². The van der Waals surface area contributed by atoms with E-state index in [0.717, 1.165) is 49.8 Å². The average Bonchev–Trinajstić information content (AvgIpc) is 3.22. The van der Waals surface area contributed by atoms with Crippen LogP contribution in [0.4, 0.5) is 11.4 Å². The summed E-state index contributed by atoms with van der Waals surface area (Å²) in [6.07, 6.45) is 0. The quantitative estimate of drug-likeness (QED) is 0.575. The lowest BCUT2D eigenvalue weighted by molar-refractivity contribution is -0.383. The molecule has 30 heavy (non-hydrogen) atoms. The van der Waals surface area contributed by atoms with Gasteiger partial charge >= 0.3 is 0 Å². The van der Waals surface area contributed by atoms with Crippen LogP contribution in [0.3, 0.4) is 0 Å². The van der Waals surface area contributed by atoms with Gasteiger partial charge in [-0.05, 0) is 30.7 Å². The van der Waals surface area contributed by atoms with Gasteiger partial charge in [-0.3, -0.25) is 24.7 Å². The molecule has 0 aliphatic carbocycles. The number of fused-ring (bicyclic) bond motifs is 1. The molecule has 2 aromatic rings. The van der Waals surface area contributed by atoms with E-state index in [-0.39, 0.29) is 30.1 Å². The predicted molar refractivity (Wildman–Crippen MR) is 111 cm³/mol. The molecule has 4 rings (SSSR count). The number of carbonyl (C=O) groups excluding carboxylic acids is 1. The van der Waals surface area contributed by atoms with Crippen molar-refractivity contribution in [3.8, 4) is 11.5 Å². The maximum absolute atomic E-state index is 12.7. The number of hydrogen-bond acceptors (Lipinski definition) is 7. The van der Waals surface area contributed by atoms with E-state index in [1.165, 1.54) is 6.07 Å². The number of nitro groups is 1. The van der Waals surface area contributed by atoms with Gasteiger partial charge in [0, 0.05) is 38.8 Å². The molecule has 2 aliphatic heterocycles. The minimum Gasteiger partial charge on any atom is -0.454 e. The molecule has 0 unspecified atom stereocenters. The summed E-state index contributed by atoms with van der Waals surface area (Å²) < 4.78 is 10.8. The maximum Gasteiger partial charge on any atom is 0.292 e. The van der Waals surface area contributed by atoms with Crippen molar-refractivity contribution in [2.24, 2.45) is 0 Å². The lowest BCUT2D eigenvalue weighted by Crippen LogP contribution is -2.52. The highest BCUT2D eigenvalue weighted by atomic mass is 16.7. The second-order valence-electron chi connectivity index (χ2n) is 7.44. The molecule has 0 radical (unpaired) electrons. The van der Waals surface area contributed by atoms with E-state index < -0.39 is 4.92 Å². The van der Waals surface area contributed by atoms with Crippen molar-refractivity contribution in [3.05, 3.63) is 58.1 Å². The van der Waals surface area contributed by atoms with Crippen molar-refractivity contribution in [1.82, 2.24) is 9.80 Å². The minimum atomic E-state index is -0.491. The summed E-state index contributed by atoms with van der Waals surface area (Å²) in [6, 6.07) is 11.8. The predicted octanol–water partition coefficient (Wildman–Crippen LogP) is 2.47. The number of ether oxygens (including phenoxy) is 2. The van der Waals surface area contributed by atoms with Crippen LogP contribution in [0.1, 0.15) is 12.5 Å². The number of nitrogens with one attached hydrogen (secondary N) is 1. The summed E-state index contributed by atoms with van der Waals surface area (Å²) in [6.45, 7) is 6.06. The van der Waals surface area contributed by atoms with E-state index in [9.17, 15) is 14.9 Å². The molecule has 1 amide bonds. The molecule has 0 spiro atoms. The fourth-order valence-corrected chi connectivity index (χ4v) is 3.75. The van der Waals surface area contributed by atoms with E-state index in [2.05, 4.69) is 15.1 Å². The number of amides is 1. The number of benzene rings is 2. The van der Waals surface area contributed by atoms with Crippen LogP contribution in [0.15, 0.2) is 42.5 Å². The summed E-state index contributed by atoms with van der Waals surface area (Å²) in [4.78, 5) is 27.7. The van der Waals surface area contributed by atoms with Crippen LogP contribution in [0.2, 0.25) is 0 Å². The molecule has 158 valence electrons. The fourth-order valence-electron chi connectivity index (χ4n) is 3.75. The molecule has 1 N–H and O–H groups in total. The molecule has 2 aliphatic rings. The second-order valence-corrected chi connectivity index (χ2v) is 7.44. The van der Waals surface area contributed by atoms with Gasteiger partial charge in [0.15, 0.2) is 11.5 Å². The number of nitrogens with zero attached hydrogens (tertiary/aromatic N) is 3. The highest BCUT2D eigenvalue weighted by Crippen LogP contribution is 2.33. The van der Waals surface area contributed by atoms with Gasteiger partial charge < -0.3 is 14.8 Å². The molecule has 1 saturated heterocycles. The summed E-state index contributed by atoms with van der Waals surface area (Å²) in [5, 5.41) is 13.8. The van der Waals surface area contributed by atoms with Crippen LogP contribution < -0.4 is 14.8 Å². The molecule has 2 heterocycles. The van der Waals surface area contributed by atoms with Gasteiger partial charge in [-0.1, -0.05) is 18.2 Å². The zero-order chi connectivity index (χ0) is 21.1. The molecule has 9 nitrogen and oxygen atoms in total. The lowest BCUT2D eigenvalue weighted by atomic mass is 10.1. The first-order valence-corrected chi connectivity index (χ1v) is 9.90. The Bertz CT molecular complexity index is 943. The van der Waals surface area contributed by atoms with E-state index in [1.54, 1.807) is 18.2 Å². The maximum atomic E-state index is 12.7. The highest BCUT2D eigenvalue weighted by Gasteiger charge is 2.27. The molecule has 1 fully saturated rings. The summed E-state index contributed by atoms with van der Waals surface area (Å²) in [5.41, 5.74) is 1.28. The van der Waals surface area contributed by atoms with Crippen LogP contribution in [0.25, 0.3) is 0 Å². The standard InChI is InChI=1S/C21H24N4O5/c1-15(21(26)22-17-4-2-3-5-18(17)25(27)28)24-10-8-23(9-11-24)13-16-6-7-19-20(12-16)30-14-29-19/h2-7,12,15H,8-11,13-14H2,1H3,(H,22,26)/t15-/m0/s1. The van der Waals surface area contributed by atoms with Gasteiger partial charge in [0.1, 0.15) is 5.69 Å². The van der Waals surface area contributed by atoms with E-state index in [0.29, 0.717) is 0 Å². The van der Waals surface area contributed by atoms with Crippen LogP contribution in [0.5, 0.6) is 11.5 Å². The van der Waals surface area contributed by atoms with Gasteiger partial charge in [-0.25, -0.2) is 0 Å². The van der Waals surface area contributed by atoms with Gasteiger partial charge in [0.25, 0.3) is 5.69 Å². The zero-order valence-corrected chi connectivity index (χ0v) is 16.7. The van der Waals surface area contributed by atoms with Gasteiger partial charge in [-0.2, -0.15) is 0 Å². The second kappa shape index (κ2) is 8.68. The minimum absolute atomic E-state index is 0.105. The third kappa shape index (κ3) is 4.37. The SMILES string of the molecule is C[C@@H](C(=O)Nc1ccccc1[N+](=O)[O-])N1CCN(Cc2ccc3c(c2)OCO3)CC1. The third-order valence-corrected chi connectivity index (χ3v) is 5.54. The lowest BCUT2D eigenvalue weighted by Gasteiger charge is -2.37. The largest absolute Gasteiger partial charge is 0.454 e. The van der Waals surface area contributed by atoms with Crippen molar-refractivity contribution in [2.75, 3.05) is 38.3 Å². The molecule has 9 heteroatoms. The van der Waals surface area contributed by atoms with Crippen LogP contribution in [-0.4, -0.2) is 59.6 Å². The Balaban J connectivity index is 1.30. The number of rotatable bonds is 6. The molecule has 0 bridgehead atoms. The van der Waals surface area contributed by atoms with Gasteiger partial charge in [-0.15, -0.1) is 0 Å².